The number of tetrazole rings is 1. The second-order valence-corrected chi connectivity index (χ2v) is 8.28. The van der Waals surface area contributed by atoms with E-state index in [4.69, 9.17) is 0 Å². The molecule has 28 heavy (non-hydrogen) atoms. The third kappa shape index (κ3) is 3.81. The Morgan fingerprint density at radius 1 is 1.29 bits per heavy atom. The van der Waals surface area contributed by atoms with Crippen molar-refractivity contribution in [3.8, 4) is 5.69 Å². The number of carbonyl (C=O) groups is 1. The number of carbonyl (C=O) groups excluding carboxylic acids is 1. The van der Waals surface area contributed by atoms with Crippen LogP contribution in [0.2, 0.25) is 0 Å². The summed E-state index contributed by atoms with van der Waals surface area (Å²) in [6.07, 6.45) is 5.56. The number of nitrogens with one attached hydrogen (secondary N) is 1. The van der Waals surface area contributed by atoms with Gasteiger partial charge in [-0.15, -0.1) is 5.10 Å². The van der Waals surface area contributed by atoms with E-state index in [1.54, 1.807) is 4.68 Å². The lowest BCUT2D eigenvalue weighted by Gasteiger charge is -2.36. The van der Waals surface area contributed by atoms with E-state index in [0.29, 0.717) is 13.0 Å². The Kier molecular flexibility index (Phi) is 4.70. The Hall–Kier alpha value is -3.03. The van der Waals surface area contributed by atoms with Crippen LogP contribution in [-0.4, -0.2) is 35.9 Å². The van der Waals surface area contributed by atoms with Crippen molar-refractivity contribution in [3.05, 3.63) is 53.6 Å². The molecule has 0 saturated carbocycles. The number of nitrogens with zero attached hydrogens (tertiary/aromatic N) is 6. The first kappa shape index (κ1) is 18.3. The van der Waals surface area contributed by atoms with Gasteiger partial charge in [0.15, 0.2) is 0 Å². The first-order valence-corrected chi connectivity index (χ1v) is 9.55. The third-order valence-corrected chi connectivity index (χ3v) is 5.25. The van der Waals surface area contributed by atoms with Crippen molar-refractivity contribution >= 4 is 5.91 Å². The first-order chi connectivity index (χ1) is 13.4. The zero-order valence-corrected chi connectivity index (χ0v) is 16.5. The fourth-order valence-electron chi connectivity index (χ4n) is 3.85. The molecule has 1 aliphatic rings. The van der Waals surface area contributed by atoms with Crippen LogP contribution in [0.3, 0.4) is 0 Å². The number of benzene rings is 1. The maximum Gasteiger partial charge on any atom is 0.222 e. The fraction of sp³-hybridized carbons (Fsp3) is 0.450. The van der Waals surface area contributed by atoms with Gasteiger partial charge in [-0.3, -0.25) is 4.79 Å². The van der Waals surface area contributed by atoms with Crippen molar-refractivity contribution in [2.24, 2.45) is 5.41 Å². The largest absolute Gasteiger partial charge is 0.349 e. The number of rotatable bonds is 5. The lowest BCUT2D eigenvalue weighted by atomic mass is 9.74. The first-order valence-electron chi connectivity index (χ1n) is 9.55. The second-order valence-electron chi connectivity index (χ2n) is 8.28. The molecule has 8 heteroatoms. The molecule has 2 aromatic heterocycles. The monoisotopic (exact) mass is 379 g/mol. The molecule has 2 heterocycles. The minimum Gasteiger partial charge on any atom is -0.349 e. The summed E-state index contributed by atoms with van der Waals surface area (Å²) in [7, 11) is 0. The molecular weight excluding hydrogens is 354 g/mol. The molecule has 1 aromatic carbocycles. The van der Waals surface area contributed by atoms with E-state index >= 15 is 0 Å². The van der Waals surface area contributed by atoms with Crippen LogP contribution in [0.4, 0.5) is 0 Å². The smallest absolute Gasteiger partial charge is 0.222 e. The highest BCUT2D eigenvalue weighted by molar-refractivity contribution is 5.76. The molecule has 1 amide bonds. The molecule has 0 radical (unpaired) electrons. The van der Waals surface area contributed by atoms with E-state index < -0.39 is 0 Å². The average molecular weight is 379 g/mol. The highest BCUT2D eigenvalue weighted by atomic mass is 16.1. The van der Waals surface area contributed by atoms with Gasteiger partial charge in [0.2, 0.25) is 5.91 Å². The van der Waals surface area contributed by atoms with Gasteiger partial charge in [0.25, 0.3) is 0 Å². The highest BCUT2D eigenvalue weighted by Gasteiger charge is 2.35. The summed E-state index contributed by atoms with van der Waals surface area (Å²) in [6.45, 7) is 7.02. The Balaban J connectivity index is 1.55. The summed E-state index contributed by atoms with van der Waals surface area (Å²) in [5.41, 5.74) is 4.62. The van der Waals surface area contributed by atoms with Gasteiger partial charge in [0, 0.05) is 12.0 Å². The molecule has 1 N–H and O–H groups in total. The van der Waals surface area contributed by atoms with Crippen molar-refractivity contribution in [2.75, 3.05) is 0 Å². The molecular formula is C20H25N7O. The van der Waals surface area contributed by atoms with Gasteiger partial charge in [-0.25, -0.2) is 9.36 Å². The molecule has 146 valence electrons. The highest BCUT2D eigenvalue weighted by Crippen LogP contribution is 2.41. The molecule has 8 nitrogen and oxygen atoms in total. The summed E-state index contributed by atoms with van der Waals surface area (Å²) in [6, 6.07) is 8.32. The van der Waals surface area contributed by atoms with Gasteiger partial charge >= 0.3 is 0 Å². The van der Waals surface area contributed by atoms with Gasteiger partial charge < -0.3 is 5.32 Å². The van der Waals surface area contributed by atoms with Crippen LogP contribution in [-0.2, 0) is 17.8 Å². The van der Waals surface area contributed by atoms with Gasteiger partial charge in [-0.05, 0) is 47.7 Å². The zero-order chi connectivity index (χ0) is 19.7. The Morgan fingerprint density at radius 3 is 2.79 bits per heavy atom. The standard InChI is InChI=1S/C20H25N7O/c1-14-4-6-15(7-5-14)27-18-11-20(2,3)10-17(16(18)12-22-27)23-19(28)8-9-26-13-21-24-25-26/h4-7,12-13,17H,8-11H2,1-3H3,(H,23,28)/t17-/m0/s1. The van der Waals surface area contributed by atoms with E-state index in [9.17, 15) is 4.79 Å². The van der Waals surface area contributed by atoms with E-state index in [1.165, 1.54) is 17.6 Å². The molecule has 1 atom stereocenters. The predicted octanol–water partition coefficient (Wildman–Crippen LogP) is 2.39. The summed E-state index contributed by atoms with van der Waals surface area (Å²) in [4.78, 5) is 12.5. The molecule has 0 fully saturated rings. The predicted molar refractivity (Wildman–Crippen MR) is 104 cm³/mol. The van der Waals surface area contributed by atoms with Crippen LogP contribution >= 0.6 is 0 Å². The maximum absolute atomic E-state index is 12.5. The molecule has 0 bridgehead atoms. The molecule has 3 aromatic rings. The van der Waals surface area contributed by atoms with E-state index in [0.717, 1.165) is 24.1 Å². The lowest BCUT2D eigenvalue weighted by molar-refractivity contribution is -0.122. The minimum atomic E-state index is -0.0423. The summed E-state index contributed by atoms with van der Waals surface area (Å²) < 4.78 is 3.57. The number of hydrogen-bond donors (Lipinski definition) is 1. The number of aromatic nitrogens is 6. The summed E-state index contributed by atoms with van der Waals surface area (Å²) >= 11 is 0. The van der Waals surface area contributed by atoms with Crippen LogP contribution in [0.5, 0.6) is 0 Å². The molecule has 0 unspecified atom stereocenters. The van der Waals surface area contributed by atoms with E-state index in [2.05, 4.69) is 71.0 Å². The van der Waals surface area contributed by atoms with Crippen LogP contribution < -0.4 is 5.32 Å². The molecule has 4 rings (SSSR count). The van der Waals surface area contributed by atoms with Crippen LogP contribution in [0.25, 0.3) is 5.69 Å². The van der Waals surface area contributed by atoms with Gasteiger partial charge in [0.05, 0.1) is 30.2 Å². The number of aryl methyl sites for hydroxylation is 2. The fourth-order valence-corrected chi connectivity index (χ4v) is 3.85. The number of hydrogen-bond acceptors (Lipinski definition) is 5. The summed E-state index contributed by atoms with van der Waals surface area (Å²) in [5.74, 6) is -0.00719. The van der Waals surface area contributed by atoms with Crippen LogP contribution in [0, 0.1) is 12.3 Å². The van der Waals surface area contributed by atoms with Crippen molar-refractivity contribution in [3.63, 3.8) is 0 Å². The molecule has 0 saturated heterocycles. The third-order valence-electron chi connectivity index (χ3n) is 5.25. The second kappa shape index (κ2) is 7.18. The SMILES string of the molecule is Cc1ccc(-n2ncc3c2CC(C)(C)C[C@@H]3NC(=O)CCn2cnnn2)cc1. The van der Waals surface area contributed by atoms with Crippen molar-refractivity contribution < 1.29 is 4.79 Å². The quantitative estimate of drug-likeness (QED) is 0.735. The Labute approximate surface area is 163 Å². The van der Waals surface area contributed by atoms with Crippen molar-refractivity contribution in [1.29, 1.82) is 0 Å². The molecule has 1 aliphatic carbocycles. The van der Waals surface area contributed by atoms with E-state index in [-0.39, 0.29) is 17.4 Å². The number of amides is 1. The Bertz CT molecular complexity index is 957. The van der Waals surface area contributed by atoms with Gasteiger partial charge in [-0.2, -0.15) is 5.10 Å². The van der Waals surface area contributed by atoms with Crippen LogP contribution in [0.15, 0.2) is 36.8 Å². The van der Waals surface area contributed by atoms with Crippen molar-refractivity contribution in [2.45, 2.75) is 52.6 Å². The lowest BCUT2D eigenvalue weighted by Crippen LogP contribution is -2.37. The van der Waals surface area contributed by atoms with Gasteiger partial charge in [-0.1, -0.05) is 31.5 Å². The molecule has 0 aliphatic heterocycles. The average Bonchev–Trinajstić information content (AvgIpc) is 3.29. The summed E-state index contributed by atoms with van der Waals surface area (Å²) in [5, 5.41) is 18.8. The minimum absolute atomic E-state index is 0.00719. The topological polar surface area (TPSA) is 90.5 Å². The Morgan fingerprint density at radius 2 is 2.07 bits per heavy atom. The number of fused-ring (bicyclic) bond motifs is 1. The van der Waals surface area contributed by atoms with Gasteiger partial charge in [0.1, 0.15) is 6.33 Å². The van der Waals surface area contributed by atoms with Crippen molar-refractivity contribution in [1.82, 2.24) is 35.3 Å². The molecule has 0 spiro atoms. The normalized spacial score (nSPS) is 17.9. The van der Waals surface area contributed by atoms with E-state index in [1.807, 2.05) is 10.9 Å². The zero-order valence-electron chi connectivity index (χ0n) is 16.5. The van der Waals surface area contributed by atoms with Crippen LogP contribution in [0.1, 0.15) is 49.6 Å². The maximum atomic E-state index is 12.5.